The van der Waals surface area contributed by atoms with Gasteiger partial charge in [0, 0.05) is 35.9 Å². The lowest BCUT2D eigenvalue weighted by atomic mass is 10.0. The first-order valence-corrected chi connectivity index (χ1v) is 11.8. The molecule has 2 aromatic heterocycles. The van der Waals surface area contributed by atoms with Crippen molar-refractivity contribution in [3.63, 3.8) is 0 Å². The molecule has 4 aromatic rings. The van der Waals surface area contributed by atoms with Crippen molar-refractivity contribution in [2.75, 3.05) is 11.9 Å². The van der Waals surface area contributed by atoms with Gasteiger partial charge in [-0.1, -0.05) is 30.4 Å². The van der Waals surface area contributed by atoms with Crippen molar-refractivity contribution in [2.45, 2.75) is 6.54 Å². The highest BCUT2D eigenvalue weighted by Crippen LogP contribution is 2.33. The molecule has 196 valence electrons. The largest absolute Gasteiger partial charge is 0.362 e. The third kappa shape index (κ3) is 5.37. The van der Waals surface area contributed by atoms with Crippen molar-refractivity contribution >= 4 is 35.2 Å². The van der Waals surface area contributed by atoms with Gasteiger partial charge >= 0.3 is 5.69 Å². The van der Waals surface area contributed by atoms with Gasteiger partial charge in [0.1, 0.15) is 5.56 Å². The van der Waals surface area contributed by atoms with Crippen LogP contribution >= 0.6 is 0 Å². The number of hydrogen-bond acceptors (Lipinski definition) is 4. The number of amides is 2. The molecule has 0 saturated heterocycles. The van der Waals surface area contributed by atoms with Crippen molar-refractivity contribution in [3.8, 4) is 0 Å². The lowest BCUT2D eigenvalue weighted by Crippen LogP contribution is -2.40. The second kappa shape index (κ2) is 10.6. The number of aromatic nitrogens is 3. The van der Waals surface area contributed by atoms with Crippen LogP contribution in [0.15, 0.2) is 76.6 Å². The molecule has 0 saturated carbocycles. The van der Waals surface area contributed by atoms with Gasteiger partial charge in [-0.3, -0.25) is 19.0 Å². The minimum absolute atomic E-state index is 0.0714. The highest BCUT2D eigenvalue weighted by Gasteiger charge is 2.24. The second-order valence-corrected chi connectivity index (χ2v) is 8.70. The fourth-order valence-electron chi connectivity index (χ4n) is 4.13. The predicted molar refractivity (Wildman–Crippen MR) is 142 cm³/mol. The number of rotatable bonds is 7. The molecule has 2 amide bonds. The van der Waals surface area contributed by atoms with E-state index in [0.717, 1.165) is 39.7 Å². The monoisotopic (exact) mass is 529 g/mol. The molecule has 0 spiro atoms. The molecule has 0 aliphatic carbocycles. The van der Waals surface area contributed by atoms with Crippen LogP contribution in [0.4, 0.5) is 14.5 Å². The summed E-state index contributed by atoms with van der Waals surface area (Å²) in [6.45, 7) is -0.273. The maximum Gasteiger partial charge on any atom is 0.328 e. The number of benzene rings is 2. The molecule has 9 nitrogen and oxygen atoms in total. The number of carbonyl (C=O) groups is 2. The van der Waals surface area contributed by atoms with Crippen LogP contribution in [-0.2, 0) is 11.3 Å². The average Bonchev–Trinajstić information content (AvgIpc) is 3.54. The third-order valence-corrected chi connectivity index (χ3v) is 6.07. The van der Waals surface area contributed by atoms with E-state index in [1.165, 1.54) is 6.07 Å². The summed E-state index contributed by atoms with van der Waals surface area (Å²) in [7, 11) is 0. The summed E-state index contributed by atoms with van der Waals surface area (Å²) in [6.07, 6.45) is 7.96. The van der Waals surface area contributed by atoms with E-state index in [1.807, 2.05) is 24.3 Å². The van der Waals surface area contributed by atoms with Gasteiger partial charge in [0.25, 0.3) is 17.4 Å². The van der Waals surface area contributed by atoms with Gasteiger partial charge in [-0.05, 0) is 47.5 Å². The van der Waals surface area contributed by atoms with E-state index in [2.05, 4.69) is 20.6 Å². The Balaban J connectivity index is 1.25. The summed E-state index contributed by atoms with van der Waals surface area (Å²) >= 11 is 0. The van der Waals surface area contributed by atoms with E-state index < -0.39 is 28.8 Å². The lowest BCUT2D eigenvalue weighted by molar-refractivity contribution is -0.110. The number of nitrogens with zero attached hydrogens (tertiary/aromatic N) is 1. The molecule has 5 rings (SSSR count). The van der Waals surface area contributed by atoms with Crippen LogP contribution in [0.25, 0.3) is 17.7 Å². The van der Waals surface area contributed by atoms with E-state index in [4.69, 9.17) is 0 Å². The minimum atomic E-state index is -1.11. The molecule has 11 heteroatoms. The van der Waals surface area contributed by atoms with E-state index in [-0.39, 0.29) is 30.1 Å². The Labute approximate surface area is 219 Å². The molecule has 4 N–H and O–H groups in total. The fourth-order valence-corrected chi connectivity index (χ4v) is 4.13. The SMILES string of the molecule is O=C1Nc2cc(/C=C/CNC(=O)c3c[nH]c(=O)n(Cc4ccc(F)c(F)c4)c3=O)ccc2/C1=C/c1ccc[nH]1. The summed E-state index contributed by atoms with van der Waals surface area (Å²) in [6, 6.07) is 12.2. The van der Waals surface area contributed by atoms with Gasteiger partial charge in [0.15, 0.2) is 11.6 Å². The van der Waals surface area contributed by atoms with Crippen LogP contribution in [0.5, 0.6) is 0 Å². The number of fused-ring (bicyclic) bond motifs is 1. The molecule has 1 aliphatic heterocycles. The molecule has 0 radical (unpaired) electrons. The Morgan fingerprint density at radius 2 is 1.85 bits per heavy atom. The molecule has 1 aliphatic rings. The maximum absolute atomic E-state index is 13.5. The Bertz CT molecular complexity index is 1770. The van der Waals surface area contributed by atoms with E-state index in [1.54, 1.807) is 30.5 Å². The summed E-state index contributed by atoms with van der Waals surface area (Å²) < 4.78 is 27.4. The first-order chi connectivity index (χ1) is 18.8. The quantitative estimate of drug-likeness (QED) is 0.274. The molecule has 3 heterocycles. The Morgan fingerprint density at radius 1 is 1.00 bits per heavy atom. The fraction of sp³-hybridized carbons (Fsp3) is 0.0714. The Kier molecular flexibility index (Phi) is 6.87. The number of anilines is 1. The molecule has 2 aromatic carbocycles. The number of halogens is 2. The minimum Gasteiger partial charge on any atom is -0.362 e. The maximum atomic E-state index is 13.5. The standard InChI is InChI=1S/C28H21F2N5O4/c29-22-8-6-17(11-23(22)30)15-35-27(38)21(14-33-28(35)39)25(36)32-10-1-3-16-5-7-19-20(13-18-4-2-9-31-18)26(37)34-24(19)12-16/h1-9,11-14,31H,10,15H2,(H,32,36)(H,33,39)(H,34,37)/b3-1+,20-13-. The highest BCUT2D eigenvalue weighted by atomic mass is 19.2. The zero-order valence-corrected chi connectivity index (χ0v) is 20.3. The highest BCUT2D eigenvalue weighted by molar-refractivity contribution is 6.34. The third-order valence-electron chi connectivity index (χ3n) is 6.07. The number of hydrogen-bond donors (Lipinski definition) is 4. The van der Waals surface area contributed by atoms with Crippen molar-refractivity contribution < 1.29 is 18.4 Å². The van der Waals surface area contributed by atoms with E-state index in [0.29, 0.717) is 11.3 Å². The topological polar surface area (TPSA) is 129 Å². The Hall–Kier alpha value is -5.32. The summed E-state index contributed by atoms with van der Waals surface area (Å²) in [4.78, 5) is 55.3. The van der Waals surface area contributed by atoms with Crippen molar-refractivity contribution in [1.82, 2.24) is 19.9 Å². The number of carbonyl (C=O) groups excluding carboxylic acids is 2. The number of H-pyrrole nitrogens is 2. The average molecular weight is 530 g/mol. The number of nitrogens with one attached hydrogen (secondary N) is 4. The van der Waals surface area contributed by atoms with E-state index >= 15 is 0 Å². The van der Waals surface area contributed by atoms with Crippen molar-refractivity contribution in [2.24, 2.45) is 0 Å². The van der Waals surface area contributed by atoms with Gasteiger partial charge < -0.3 is 20.6 Å². The van der Waals surface area contributed by atoms with Gasteiger partial charge in [-0.25, -0.2) is 13.6 Å². The zero-order chi connectivity index (χ0) is 27.5. The molecule has 0 bridgehead atoms. The summed E-state index contributed by atoms with van der Waals surface area (Å²) in [5.41, 5.74) is 1.78. The summed E-state index contributed by atoms with van der Waals surface area (Å²) in [5.74, 6) is -3.10. The van der Waals surface area contributed by atoms with Gasteiger partial charge in [-0.2, -0.15) is 0 Å². The smallest absolute Gasteiger partial charge is 0.328 e. The van der Waals surface area contributed by atoms with Gasteiger partial charge in [0.2, 0.25) is 0 Å². The predicted octanol–water partition coefficient (Wildman–Crippen LogP) is 3.13. The normalized spacial score (nSPS) is 13.6. The molecule has 0 unspecified atom stereocenters. The van der Waals surface area contributed by atoms with Crippen LogP contribution in [-0.4, -0.2) is 32.9 Å². The second-order valence-electron chi connectivity index (χ2n) is 8.70. The van der Waals surface area contributed by atoms with Crippen molar-refractivity contribution in [3.05, 3.63) is 127 Å². The van der Waals surface area contributed by atoms with E-state index in [9.17, 15) is 28.0 Å². The van der Waals surface area contributed by atoms with Crippen LogP contribution in [0.3, 0.4) is 0 Å². The molecule has 0 fully saturated rings. The molecular formula is C28H21F2N5O4. The van der Waals surface area contributed by atoms with Crippen LogP contribution in [0.1, 0.15) is 32.7 Å². The summed E-state index contributed by atoms with van der Waals surface area (Å²) in [5, 5.41) is 5.41. The lowest BCUT2D eigenvalue weighted by Gasteiger charge is -2.08. The van der Waals surface area contributed by atoms with Crippen LogP contribution in [0, 0.1) is 11.6 Å². The van der Waals surface area contributed by atoms with Crippen molar-refractivity contribution in [1.29, 1.82) is 0 Å². The molecule has 39 heavy (non-hydrogen) atoms. The van der Waals surface area contributed by atoms with Gasteiger partial charge in [-0.15, -0.1) is 0 Å². The first-order valence-electron chi connectivity index (χ1n) is 11.8. The van der Waals surface area contributed by atoms with Crippen LogP contribution < -0.4 is 21.9 Å². The molecular weight excluding hydrogens is 508 g/mol. The van der Waals surface area contributed by atoms with Gasteiger partial charge in [0.05, 0.1) is 12.1 Å². The van der Waals surface area contributed by atoms with Crippen LogP contribution in [0.2, 0.25) is 0 Å². The Morgan fingerprint density at radius 3 is 2.62 bits per heavy atom. The molecule has 0 atom stereocenters. The number of aromatic amines is 2. The first kappa shape index (κ1) is 25.3. The zero-order valence-electron chi connectivity index (χ0n) is 20.3.